The second-order valence-corrected chi connectivity index (χ2v) is 11.9. The number of carboxylic acids is 1. The highest BCUT2D eigenvalue weighted by Crippen LogP contribution is 2.45. The number of aromatic nitrogens is 3. The van der Waals surface area contributed by atoms with Crippen LogP contribution in [0.4, 0.5) is 9.52 Å². The number of alkyl halides is 1. The number of nitrogens with two attached hydrogens (primary N) is 1. The molecule has 1 saturated heterocycles. The number of nitrogens with zero attached hydrogens (tertiary/aromatic N) is 5. The third kappa shape index (κ3) is 5.39. The van der Waals surface area contributed by atoms with E-state index < -0.39 is 48.2 Å². The highest BCUT2D eigenvalue weighted by Gasteiger charge is 2.54. The molecule has 12 nitrogen and oxygen atoms in total. The fourth-order valence-corrected chi connectivity index (χ4v) is 7.40. The molecule has 2 atom stereocenters. The molecule has 5 rings (SSSR count). The number of benzene rings is 1. The average Bonchev–Trinajstić information content (AvgIpc) is 3.54. The topological polar surface area (TPSA) is 165 Å². The molecule has 0 saturated carbocycles. The standard InChI is InChI=1S/C23H19ClFN7O5S3/c24-18-14(29-23(26)40-18)15(30-37-9-7-25)19(33)28-16-20(34)31-17(22(35)36)12(10-38-21(16)31)39-13-6-8-27-32(13)11-4-2-1-3-5-11/h1-6,8,16,21H,7,9-10H2,(H2,26,29)(H,28,33)(H,35,36)/b30-15-/t16-,21+/m1/s1. The quantitative estimate of drug-likeness (QED) is 0.132. The normalized spacial score (nSPS) is 18.8. The Bertz CT molecular complexity index is 1530. The number of hydrogen-bond acceptors (Lipinski definition) is 11. The average molecular weight is 624 g/mol. The summed E-state index contributed by atoms with van der Waals surface area (Å²) in [5.74, 6) is -2.49. The Kier molecular flexibility index (Phi) is 8.30. The first kappa shape index (κ1) is 27.9. The number of aliphatic carboxylic acids is 1. The number of nitrogens with one attached hydrogen (secondary N) is 1. The largest absolute Gasteiger partial charge is 0.477 e. The smallest absolute Gasteiger partial charge is 0.353 e. The summed E-state index contributed by atoms with van der Waals surface area (Å²) in [6.45, 7) is -1.27. The number of thiazole rings is 1. The summed E-state index contributed by atoms with van der Waals surface area (Å²) in [7, 11) is 0. The molecule has 2 aliphatic rings. The van der Waals surface area contributed by atoms with Gasteiger partial charge in [-0.1, -0.05) is 58.1 Å². The van der Waals surface area contributed by atoms with E-state index >= 15 is 0 Å². The monoisotopic (exact) mass is 623 g/mol. The maximum atomic E-state index is 13.2. The highest BCUT2D eigenvalue weighted by atomic mass is 35.5. The molecular weight excluding hydrogens is 605 g/mol. The van der Waals surface area contributed by atoms with Gasteiger partial charge in [-0.3, -0.25) is 14.5 Å². The third-order valence-corrected chi connectivity index (χ3v) is 9.27. The van der Waals surface area contributed by atoms with Crippen LogP contribution in [-0.2, 0) is 19.2 Å². The van der Waals surface area contributed by atoms with Crippen LogP contribution in [0.25, 0.3) is 5.69 Å². The number of β-lactam (4-membered cyclic amide) rings is 1. The van der Waals surface area contributed by atoms with E-state index in [1.807, 2.05) is 30.3 Å². The number of rotatable bonds is 10. The maximum absolute atomic E-state index is 13.2. The van der Waals surface area contributed by atoms with Gasteiger partial charge in [-0.05, 0) is 18.2 Å². The summed E-state index contributed by atoms with van der Waals surface area (Å²) in [6.07, 6.45) is 1.61. The van der Waals surface area contributed by atoms with Crippen molar-refractivity contribution in [1.82, 2.24) is 25.0 Å². The summed E-state index contributed by atoms with van der Waals surface area (Å²) >= 11 is 9.52. The van der Waals surface area contributed by atoms with E-state index in [1.165, 1.54) is 23.5 Å². The van der Waals surface area contributed by atoms with E-state index in [1.54, 1.807) is 16.9 Å². The van der Waals surface area contributed by atoms with Crippen LogP contribution in [0.2, 0.25) is 4.34 Å². The minimum absolute atomic E-state index is 0.0522. The van der Waals surface area contributed by atoms with Crippen LogP contribution in [0.3, 0.4) is 0 Å². The molecule has 3 aromatic rings. The lowest BCUT2D eigenvalue weighted by Gasteiger charge is -2.49. The predicted octanol–water partition coefficient (Wildman–Crippen LogP) is 2.74. The number of carbonyl (C=O) groups is 3. The van der Waals surface area contributed by atoms with E-state index in [2.05, 4.69) is 20.6 Å². The van der Waals surface area contributed by atoms with Gasteiger partial charge in [0.05, 0.1) is 11.9 Å². The SMILES string of the molecule is Nc1nc(/C(=N/OCCF)C(=O)N[C@@H]2C(=O)N3C(C(=O)O)=C(Sc4ccnn4-c4ccccc4)CS[C@@H]23)c(Cl)s1. The van der Waals surface area contributed by atoms with Gasteiger partial charge in [-0.25, -0.2) is 18.9 Å². The van der Waals surface area contributed by atoms with Crippen molar-refractivity contribution in [3.05, 3.63) is 63.2 Å². The number of oxime groups is 1. The van der Waals surface area contributed by atoms with Crippen LogP contribution in [0.1, 0.15) is 5.69 Å². The van der Waals surface area contributed by atoms with Crippen molar-refractivity contribution in [1.29, 1.82) is 0 Å². The Labute approximate surface area is 243 Å². The van der Waals surface area contributed by atoms with Gasteiger partial charge in [-0.2, -0.15) is 5.10 Å². The summed E-state index contributed by atoms with van der Waals surface area (Å²) in [6, 6.07) is 10.0. The van der Waals surface area contributed by atoms with Gasteiger partial charge in [0, 0.05) is 10.7 Å². The molecule has 4 N–H and O–H groups in total. The van der Waals surface area contributed by atoms with Crippen molar-refractivity contribution in [2.75, 3.05) is 24.8 Å². The summed E-state index contributed by atoms with van der Waals surface area (Å²) in [5.41, 5.74) is 5.83. The van der Waals surface area contributed by atoms with Crippen molar-refractivity contribution >= 4 is 75.1 Å². The number of amides is 2. The molecule has 2 amide bonds. The number of para-hydroxylation sites is 1. The first-order chi connectivity index (χ1) is 19.3. The lowest BCUT2D eigenvalue weighted by Crippen LogP contribution is -2.71. The van der Waals surface area contributed by atoms with Crippen LogP contribution < -0.4 is 11.1 Å². The number of fused-ring (bicyclic) bond motifs is 1. The van der Waals surface area contributed by atoms with Crippen molar-refractivity contribution < 1.29 is 28.7 Å². The van der Waals surface area contributed by atoms with Crippen molar-refractivity contribution in [2.45, 2.75) is 16.4 Å². The predicted molar refractivity (Wildman–Crippen MR) is 149 cm³/mol. The van der Waals surface area contributed by atoms with Crippen LogP contribution in [0.5, 0.6) is 0 Å². The van der Waals surface area contributed by atoms with Gasteiger partial charge in [0.2, 0.25) is 0 Å². The maximum Gasteiger partial charge on any atom is 0.353 e. The Morgan fingerprint density at radius 3 is 2.77 bits per heavy atom. The first-order valence-corrected chi connectivity index (χ1v) is 14.5. The van der Waals surface area contributed by atoms with E-state index in [0.29, 0.717) is 9.93 Å². The number of anilines is 1. The number of carboxylic acid groups (broad SMARTS) is 1. The minimum atomic E-state index is -1.27. The van der Waals surface area contributed by atoms with Crippen molar-refractivity contribution in [2.24, 2.45) is 5.16 Å². The van der Waals surface area contributed by atoms with Gasteiger partial charge in [0.25, 0.3) is 11.8 Å². The van der Waals surface area contributed by atoms with Crippen LogP contribution in [0.15, 0.2) is 63.4 Å². The summed E-state index contributed by atoms with van der Waals surface area (Å²) in [4.78, 5) is 49.0. The highest BCUT2D eigenvalue weighted by molar-refractivity contribution is 8.06. The van der Waals surface area contributed by atoms with E-state index in [-0.39, 0.29) is 26.6 Å². The van der Waals surface area contributed by atoms with Gasteiger partial charge in [0.15, 0.2) is 10.8 Å². The Hall–Kier alpha value is -3.60. The number of halogens is 2. The Balaban J connectivity index is 1.36. The molecule has 0 unspecified atom stereocenters. The minimum Gasteiger partial charge on any atom is -0.477 e. The van der Waals surface area contributed by atoms with Gasteiger partial charge in [-0.15, -0.1) is 11.8 Å². The number of carbonyl (C=O) groups excluding carboxylic acids is 2. The first-order valence-electron chi connectivity index (χ1n) is 11.5. The van der Waals surface area contributed by atoms with E-state index in [9.17, 15) is 23.9 Å². The molecule has 0 radical (unpaired) electrons. The molecule has 2 aliphatic heterocycles. The number of nitrogen functional groups attached to an aromatic ring is 1. The van der Waals surface area contributed by atoms with Crippen LogP contribution >= 0.6 is 46.5 Å². The number of hydrogen-bond donors (Lipinski definition) is 3. The van der Waals surface area contributed by atoms with Crippen LogP contribution in [0, 0.1) is 0 Å². The Morgan fingerprint density at radius 2 is 2.10 bits per heavy atom. The van der Waals surface area contributed by atoms with Crippen molar-refractivity contribution in [3.8, 4) is 5.69 Å². The van der Waals surface area contributed by atoms with Crippen LogP contribution in [-0.4, -0.2) is 78.7 Å². The summed E-state index contributed by atoms with van der Waals surface area (Å²) in [5, 5.41) is 20.6. The molecule has 208 valence electrons. The molecule has 0 aliphatic carbocycles. The molecule has 1 fully saturated rings. The number of thioether (sulfide) groups is 2. The second-order valence-electron chi connectivity index (χ2n) is 8.09. The lowest BCUT2D eigenvalue weighted by atomic mass is 10.0. The molecule has 4 heterocycles. The molecule has 0 bridgehead atoms. The molecule has 2 aromatic heterocycles. The molecule has 17 heteroatoms. The molecule has 0 spiro atoms. The van der Waals surface area contributed by atoms with Gasteiger partial charge >= 0.3 is 5.97 Å². The third-order valence-electron chi connectivity index (χ3n) is 5.63. The lowest BCUT2D eigenvalue weighted by molar-refractivity contribution is -0.150. The zero-order chi connectivity index (χ0) is 28.4. The zero-order valence-corrected chi connectivity index (χ0v) is 23.4. The second kappa shape index (κ2) is 11.9. The summed E-state index contributed by atoms with van der Waals surface area (Å²) < 4.78 is 14.3. The van der Waals surface area contributed by atoms with Gasteiger partial charge < -0.3 is 21.0 Å². The van der Waals surface area contributed by atoms with E-state index in [4.69, 9.17) is 22.2 Å². The molecule has 40 heavy (non-hydrogen) atoms. The van der Waals surface area contributed by atoms with Crippen molar-refractivity contribution in [3.63, 3.8) is 0 Å². The molecular formula is C23H19ClFN7O5S3. The van der Waals surface area contributed by atoms with Gasteiger partial charge in [0.1, 0.15) is 45.5 Å². The fourth-order valence-electron chi connectivity index (χ4n) is 3.94. The Morgan fingerprint density at radius 1 is 1.32 bits per heavy atom. The van der Waals surface area contributed by atoms with E-state index in [0.717, 1.165) is 21.9 Å². The fraction of sp³-hybridized carbons (Fsp3) is 0.217. The molecule has 1 aromatic carbocycles. The zero-order valence-electron chi connectivity index (χ0n) is 20.2.